The van der Waals surface area contributed by atoms with Crippen LogP contribution in [0.4, 0.5) is 0 Å². The maximum atomic E-state index is 14.2. The fourth-order valence-corrected chi connectivity index (χ4v) is 7.49. The van der Waals surface area contributed by atoms with Crippen LogP contribution in [-0.4, -0.2) is 169 Å². The maximum Gasteiger partial charge on any atom is 0.322 e. The smallest absolute Gasteiger partial charge is 0.322 e. The number of hydrogen-bond acceptors (Lipinski definition) is 15. The molecule has 0 spiro atoms. The fourth-order valence-electron chi connectivity index (χ4n) is 7.49. The SMILES string of the molecule is CC[C@H](C)[C@H](NC(=O)[C@H](C)NC(=O)[C@H](Cc1cnc[nH]1)NC(=O)[C@H](CCC(=O)O)NC(=O)[C@H](CC(=O)O)NC(=O)[C@H](Cc1ccccc1)NC(=O)[C@@H](NC(=O)[C@H](Cc1ccccc1)NC(=O)CN)[C@@H](C)O)C(=O)NCC(=O)O. The molecule has 0 aliphatic rings. The number of aliphatic hydroxyl groups is 1. The quantitative estimate of drug-likeness (QED) is 0.0279. The zero-order chi connectivity index (χ0) is 58.1. The molecule has 0 saturated carbocycles. The molecule has 0 fully saturated rings. The average molecular weight is 1090 g/mol. The van der Waals surface area contributed by atoms with Gasteiger partial charge in [-0.3, -0.25) is 57.5 Å². The molecule has 1 aromatic heterocycles. The first-order chi connectivity index (χ1) is 36.9. The van der Waals surface area contributed by atoms with Crippen LogP contribution in [0.5, 0.6) is 0 Å². The Hall–Kier alpha value is -8.79. The minimum atomic E-state index is -2.03. The molecule has 0 radical (unpaired) electrons. The normalized spacial score (nSPS) is 14.7. The number of nitrogens with two attached hydrogens (primary N) is 1. The van der Waals surface area contributed by atoms with Gasteiger partial charge in [0.25, 0.3) is 0 Å². The zero-order valence-corrected chi connectivity index (χ0v) is 43.3. The Balaban J connectivity index is 1.90. The average Bonchev–Trinajstić information content (AvgIpc) is 3.92. The molecule has 3 rings (SSSR count). The molecule has 10 atom stereocenters. The minimum absolute atomic E-state index is 0.0545. The molecule has 0 aliphatic carbocycles. The van der Waals surface area contributed by atoms with E-state index in [0.717, 1.165) is 0 Å². The number of carboxylic acids is 3. The van der Waals surface area contributed by atoms with E-state index in [9.17, 15) is 72.9 Å². The molecule has 0 bridgehead atoms. The molecule has 1 heterocycles. The first-order valence-corrected chi connectivity index (χ1v) is 24.7. The third-order valence-corrected chi connectivity index (χ3v) is 12.0. The van der Waals surface area contributed by atoms with Crippen LogP contribution in [0.3, 0.4) is 0 Å². The summed E-state index contributed by atoms with van der Waals surface area (Å²) in [6.07, 6.45) is -1.92. The Labute approximate surface area is 447 Å². The number of imidazole rings is 1. The summed E-state index contributed by atoms with van der Waals surface area (Å²) in [5.74, 6) is -14.0. The van der Waals surface area contributed by atoms with Crippen LogP contribution in [0.1, 0.15) is 70.2 Å². The van der Waals surface area contributed by atoms with Crippen LogP contribution in [-0.2, 0) is 76.8 Å². The number of carbonyl (C=O) groups is 12. The fraction of sp³-hybridized carbons (Fsp3) is 0.460. The predicted octanol–water partition coefficient (Wildman–Crippen LogP) is -3.74. The number of H-pyrrole nitrogens is 1. The number of carboxylic acid groups (broad SMARTS) is 3. The van der Waals surface area contributed by atoms with Crippen molar-refractivity contribution in [3.63, 3.8) is 0 Å². The standard InChI is InChI=1S/C50H68N12O16/c1-5-26(2)41(49(77)53-24-40(69)70)61-43(71)27(3)55-45(73)35(20-31-23-52-25-54-31)58-44(72)32(16-17-38(65)66)57-47(75)36(21-39(67)68)59-46(74)34(19-30-14-10-7-11-15-30)60-50(78)42(28(4)63)62-48(76)33(56-37(64)22-51)18-29-12-8-6-9-13-29/h6-15,23,25-28,32-36,41-42,63H,5,16-22,24,51H2,1-4H3,(H,52,54)(H,53,77)(H,55,73)(H,56,64)(H,57,75)(H,58,72)(H,59,74)(H,60,78)(H,61,71)(H,62,76)(H,65,66)(H,67,68)(H,69,70)/t26-,27-,28+,32-,33-,34-,35-,36-,41-,42-/m0/s1. The molecule has 3 aromatic rings. The van der Waals surface area contributed by atoms with E-state index in [2.05, 4.69) is 57.8 Å². The van der Waals surface area contributed by atoms with E-state index in [1.54, 1.807) is 74.5 Å². The Bertz CT molecular complexity index is 2550. The first kappa shape index (κ1) is 63.5. The Kier molecular flexibility index (Phi) is 26.0. The lowest BCUT2D eigenvalue weighted by Crippen LogP contribution is -2.62. The lowest BCUT2D eigenvalue weighted by molar-refractivity contribution is -0.142. The lowest BCUT2D eigenvalue weighted by Gasteiger charge is -2.28. The summed E-state index contributed by atoms with van der Waals surface area (Å²) in [5, 5.41) is 60.6. The van der Waals surface area contributed by atoms with Crippen LogP contribution in [0.25, 0.3) is 0 Å². The van der Waals surface area contributed by atoms with Gasteiger partial charge in [-0.15, -0.1) is 0 Å². The second-order valence-electron chi connectivity index (χ2n) is 18.2. The number of aliphatic carboxylic acids is 3. The molecule has 424 valence electrons. The lowest BCUT2D eigenvalue weighted by atomic mass is 9.98. The highest BCUT2D eigenvalue weighted by molar-refractivity contribution is 5.99. The summed E-state index contributed by atoms with van der Waals surface area (Å²) in [7, 11) is 0. The van der Waals surface area contributed by atoms with E-state index in [4.69, 9.17) is 10.8 Å². The molecule has 28 heteroatoms. The van der Waals surface area contributed by atoms with Gasteiger partial charge in [0.1, 0.15) is 54.9 Å². The number of nitrogens with zero attached hydrogens (tertiary/aromatic N) is 1. The third-order valence-electron chi connectivity index (χ3n) is 12.0. The van der Waals surface area contributed by atoms with Gasteiger partial charge in [-0.1, -0.05) is 80.9 Å². The molecular weight excluding hydrogens is 1020 g/mol. The van der Waals surface area contributed by atoms with Gasteiger partial charge in [-0.25, -0.2) is 4.98 Å². The number of carbonyl (C=O) groups excluding carboxylic acids is 9. The van der Waals surface area contributed by atoms with Gasteiger partial charge in [0.2, 0.25) is 53.2 Å². The summed E-state index contributed by atoms with van der Waals surface area (Å²) in [5.41, 5.74) is 6.81. The number of nitrogens with one attached hydrogen (secondary N) is 10. The zero-order valence-electron chi connectivity index (χ0n) is 43.3. The van der Waals surface area contributed by atoms with Crippen molar-refractivity contribution in [3.05, 3.63) is 90.0 Å². The second kappa shape index (κ2) is 31.9. The van der Waals surface area contributed by atoms with E-state index in [1.807, 2.05) is 0 Å². The minimum Gasteiger partial charge on any atom is -0.481 e. The number of rotatable bonds is 33. The van der Waals surface area contributed by atoms with Crippen molar-refractivity contribution in [2.24, 2.45) is 11.7 Å². The summed E-state index contributed by atoms with van der Waals surface area (Å²) in [6.45, 7) is 4.57. The van der Waals surface area contributed by atoms with Gasteiger partial charge in [0.15, 0.2) is 0 Å². The maximum absolute atomic E-state index is 14.2. The predicted molar refractivity (Wildman–Crippen MR) is 274 cm³/mol. The Morgan fingerprint density at radius 3 is 1.55 bits per heavy atom. The van der Waals surface area contributed by atoms with Crippen molar-refractivity contribution in [2.75, 3.05) is 13.1 Å². The Morgan fingerprint density at radius 2 is 1.04 bits per heavy atom. The molecule has 2 aromatic carbocycles. The number of hydrogen-bond donors (Lipinski definition) is 15. The molecule has 28 nitrogen and oxygen atoms in total. The van der Waals surface area contributed by atoms with E-state index >= 15 is 0 Å². The highest BCUT2D eigenvalue weighted by Crippen LogP contribution is 2.12. The molecule has 0 saturated heterocycles. The Morgan fingerprint density at radius 1 is 0.551 bits per heavy atom. The van der Waals surface area contributed by atoms with Crippen molar-refractivity contribution in [1.82, 2.24) is 57.8 Å². The molecule has 9 amide bonds. The number of benzene rings is 2. The van der Waals surface area contributed by atoms with Gasteiger partial charge in [0, 0.05) is 37.6 Å². The first-order valence-electron chi connectivity index (χ1n) is 24.7. The molecule has 0 aliphatic heterocycles. The largest absolute Gasteiger partial charge is 0.481 e. The number of aromatic nitrogens is 2. The van der Waals surface area contributed by atoms with Gasteiger partial charge in [-0.05, 0) is 37.3 Å². The van der Waals surface area contributed by atoms with Crippen LogP contribution >= 0.6 is 0 Å². The molecular formula is C50H68N12O16. The number of aromatic amines is 1. The topological polar surface area (TPSA) is 449 Å². The second-order valence-corrected chi connectivity index (χ2v) is 18.2. The summed E-state index contributed by atoms with van der Waals surface area (Å²) >= 11 is 0. The van der Waals surface area contributed by atoms with Crippen molar-refractivity contribution in [1.29, 1.82) is 0 Å². The summed E-state index contributed by atoms with van der Waals surface area (Å²) in [6, 6.07) is 3.74. The van der Waals surface area contributed by atoms with Crippen LogP contribution in [0.2, 0.25) is 0 Å². The van der Waals surface area contributed by atoms with Crippen LogP contribution in [0, 0.1) is 5.92 Å². The van der Waals surface area contributed by atoms with Gasteiger partial charge < -0.3 is 79.0 Å². The van der Waals surface area contributed by atoms with Crippen molar-refractivity contribution in [3.8, 4) is 0 Å². The van der Waals surface area contributed by atoms with Crippen molar-refractivity contribution in [2.45, 2.75) is 127 Å². The van der Waals surface area contributed by atoms with Gasteiger partial charge >= 0.3 is 17.9 Å². The van der Waals surface area contributed by atoms with E-state index in [0.29, 0.717) is 17.5 Å². The summed E-state index contributed by atoms with van der Waals surface area (Å²) < 4.78 is 0. The van der Waals surface area contributed by atoms with E-state index in [-0.39, 0.29) is 25.0 Å². The molecule has 78 heavy (non-hydrogen) atoms. The number of amides is 9. The van der Waals surface area contributed by atoms with Gasteiger partial charge in [-0.2, -0.15) is 0 Å². The molecule has 0 unspecified atom stereocenters. The van der Waals surface area contributed by atoms with Crippen LogP contribution < -0.4 is 53.6 Å². The van der Waals surface area contributed by atoms with E-state index < -0.39 is 164 Å². The van der Waals surface area contributed by atoms with Crippen molar-refractivity contribution >= 4 is 71.1 Å². The highest BCUT2D eigenvalue weighted by atomic mass is 16.4. The summed E-state index contributed by atoms with van der Waals surface area (Å²) in [4.78, 5) is 164. The number of aliphatic hydroxyl groups excluding tert-OH is 1. The molecule has 16 N–H and O–H groups in total. The van der Waals surface area contributed by atoms with Gasteiger partial charge in [0.05, 0.1) is 25.4 Å². The monoisotopic (exact) mass is 1090 g/mol. The van der Waals surface area contributed by atoms with Crippen molar-refractivity contribution < 1.29 is 78.0 Å². The van der Waals surface area contributed by atoms with Crippen LogP contribution in [0.15, 0.2) is 73.2 Å². The van der Waals surface area contributed by atoms with E-state index in [1.165, 1.54) is 26.4 Å². The highest BCUT2D eigenvalue weighted by Gasteiger charge is 2.37. The third kappa shape index (κ3) is 21.8.